The fourth-order valence-electron chi connectivity index (χ4n) is 2.09. The molecule has 2 aromatic carbocycles. The van der Waals surface area contributed by atoms with E-state index >= 15 is 0 Å². The van der Waals surface area contributed by atoms with Crippen LogP contribution in [-0.4, -0.2) is 10.9 Å². The number of benzene rings is 2. The highest BCUT2D eigenvalue weighted by atomic mass is 35.5. The molecule has 0 aliphatic rings. The van der Waals surface area contributed by atoms with Gasteiger partial charge in [0.05, 0.1) is 0 Å². The molecule has 3 rings (SSSR count). The Morgan fingerprint density at radius 1 is 1.18 bits per heavy atom. The topological polar surface area (TPSA) is 42.0 Å². The lowest BCUT2D eigenvalue weighted by atomic mass is 10.1. The highest BCUT2D eigenvalue weighted by molar-refractivity contribution is 7.13. The first-order chi connectivity index (χ1) is 10.7. The van der Waals surface area contributed by atoms with Crippen LogP contribution in [0.2, 0.25) is 5.02 Å². The molecule has 3 aromatic rings. The Kier molecular flexibility index (Phi) is 4.51. The van der Waals surface area contributed by atoms with Gasteiger partial charge in [-0.3, -0.25) is 4.79 Å². The Hall–Kier alpha value is -2.17. The number of nitrogens with one attached hydrogen (secondary N) is 1. The molecule has 0 saturated heterocycles. The molecule has 0 saturated carbocycles. The van der Waals surface area contributed by atoms with Crippen molar-refractivity contribution in [2.45, 2.75) is 6.54 Å². The van der Waals surface area contributed by atoms with Gasteiger partial charge in [-0.05, 0) is 29.8 Å². The summed E-state index contributed by atoms with van der Waals surface area (Å²) in [6, 6.07) is 14.9. The van der Waals surface area contributed by atoms with Crippen molar-refractivity contribution < 1.29 is 4.79 Å². The minimum absolute atomic E-state index is 0.137. The summed E-state index contributed by atoms with van der Waals surface area (Å²) in [6.45, 7) is 0.463. The third-order valence-electron chi connectivity index (χ3n) is 3.15. The maximum atomic E-state index is 12.1. The number of carbonyl (C=O) groups excluding carboxylic acids is 1. The van der Waals surface area contributed by atoms with E-state index in [1.165, 1.54) is 0 Å². The van der Waals surface area contributed by atoms with Crippen LogP contribution in [0.1, 0.15) is 15.9 Å². The molecule has 0 radical (unpaired) electrons. The summed E-state index contributed by atoms with van der Waals surface area (Å²) in [6.07, 6.45) is 1.79. The summed E-state index contributed by atoms with van der Waals surface area (Å²) in [7, 11) is 0. The number of hydrogen-bond donors (Lipinski definition) is 1. The van der Waals surface area contributed by atoms with Crippen molar-refractivity contribution in [2.75, 3.05) is 0 Å². The van der Waals surface area contributed by atoms with Gasteiger partial charge in [-0.1, -0.05) is 35.9 Å². The van der Waals surface area contributed by atoms with Crippen molar-refractivity contribution in [3.05, 3.63) is 76.3 Å². The lowest BCUT2D eigenvalue weighted by molar-refractivity contribution is 0.0951. The van der Waals surface area contributed by atoms with Crippen LogP contribution in [0.5, 0.6) is 0 Å². The van der Waals surface area contributed by atoms with Crippen LogP contribution in [0.25, 0.3) is 10.6 Å². The summed E-state index contributed by atoms with van der Waals surface area (Å²) in [5.41, 5.74) is 2.65. The molecule has 0 fully saturated rings. The Labute approximate surface area is 137 Å². The normalized spacial score (nSPS) is 10.4. The molecule has 1 heterocycles. The van der Waals surface area contributed by atoms with E-state index in [2.05, 4.69) is 10.3 Å². The third-order valence-corrected chi connectivity index (χ3v) is 4.20. The predicted octanol–water partition coefficient (Wildman–Crippen LogP) is 4.39. The summed E-state index contributed by atoms with van der Waals surface area (Å²) >= 11 is 7.49. The maximum Gasteiger partial charge on any atom is 0.251 e. The first-order valence-electron chi connectivity index (χ1n) is 6.75. The van der Waals surface area contributed by atoms with Gasteiger partial charge in [-0.15, -0.1) is 11.3 Å². The van der Waals surface area contributed by atoms with E-state index in [0.717, 1.165) is 16.1 Å². The minimum Gasteiger partial charge on any atom is -0.348 e. The Morgan fingerprint density at radius 3 is 2.82 bits per heavy atom. The molecular weight excluding hydrogens is 316 g/mol. The standard InChI is InChI=1S/C17H13ClN2OS/c18-15-6-2-4-13(10-15)16(21)20-11-12-3-1-5-14(9-12)17-19-7-8-22-17/h1-10H,11H2,(H,20,21). The van der Waals surface area contributed by atoms with Crippen LogP contribution in [0, 0.1) is 0 Å². The molecule has 1 aromatic heterocycles. The van der Waals surface area contributed by atoms with Gasteiger partial charge in [0.2, 0.25) is 0 Å². The van der Waals surface area contributed by atoms with Crippen molar-refractivity contribution in [1.29, 1.82) is 0 Å². The number of halogens is 1. The second kappa shape index (κ2) is 6.73. The molecule has 1 amide bonds. The smallest absolute Gasteiger partial charge is 0.251 e. The van der Waals surface area contributed by atoms with Crippen molar-refractivity contribution in [3.8, 4) is 10.6 Å². The van der Waals surface area contributed by atoms with Crippen LogP contribution < -0.4 is 5.32 Å². The van der Waals surface area contributed by atoms with E-state index in [9.17, 15) is 4.79 Å². The van der Waals surface area contributed by atoms with Crippen molar-refractivity contribution >= 4 is 28.8 Å². The number of amides is 1. The van der Waals surface area contributed by atoms with E-state index in [1.54, 1.807) is 41.8 Å². The Bertz CT molecular complexity index is 787. The van der Waals surface area contributed by atoms with Gasteiger partial charge < -0.3 is 5.32 Å². The van der Waals surface area contributed by atoms with Crippen LogP contribution in [-0.2, 0) is 6.54 Å². The minimum atomic E-state index is -0.137. The Morgan fingerprint density at radius 2 is 2.05 bits per heavy atom. The van der Waals surface area contributed by atoms with Gasteiger partial charge in [-0.25, -0.2) is 4.98 Å². The molecule has 5 heteroatoms. The SMILES string of the molecule is O=C(NCc1cccc(-c2nccs2)c1)c1cccc(Cl)c1. The molecule has 0 unspecified atom stereocenters. The molecular formula is C17H13ClN2OS. The lowest BCUT2D eigenvalue weighted by Crippen LogP contribution is -2.22. The number of nitrogens with zero attached hydrogens (tertiary/aromatic N) is 1. The number of carbonyl (C=O) groups is 1. The van der Waals surface area contributed by atoms with E-state index in [-0.39, 0.29) is 5.91 Å². The number of thiazole rings is 1. The molecule has 0 bridgehead atoms. The second-order valence-corrected chi connectivity index (χ2v) is 6.06. The maximum absolute atomic E-state index is 12.1. The highest BCUT2D eigenvalue weighted by Gasteiger charge is 2.06. The molecule has 22 heavy (non-hydrogen) atoms. The van der Waals surface area contributed by atoms with Crippen LogP contribution in [0.4, 0.5) is 0 Å². The molecule has 3 nitrogen and oxygen atoms in total. The average molecular weight is 329 g/mol. The number of aromatic nitrogens is 1. The van der Waals surface area contributed by atoms with E-state index in [1.807, 2.05) is 29.6 Å². The van der Waals surface area contributed by atoms with Crippen molar-refractivity contribution in [2.24, 2.45) is 0 Å². The zero-order valence-electron chi connectivity index (χ0n) is 11.6. The lowest BCUT2D eigenvalue weighted by Gasteiger charge is -2.07. The van der Waals surface area contributed by atoms with Gasteiger partial charge in [0.1, 0.15) is 5.01 Å². The molecule has 1 N–H and O–H groups in total. The molecule has 0 aliphatic heterocycles. The van der Waals surface area contributed by atoms with Gasteiger partial charge in [0.15, 0.2) is 0 Å². The Balaban J connectivity index is 1.69. The average Bonchev–Trinajstić information content (AvgIpc) is 3.07. The van der Waals surface area contributed by atoms with E-state index in [0.29, 0.717) is 17.1 Å². The molecule has 0 aliphatic carbocycles. The molecule has 0 spiro atoms. The monoisotopic (exact) mass is 328 g/mol. The summed E-state index contributed by atoms with van der Waals surface area (Å²) in [4.78, 5) is 16.4. The first kappa shape index (κ1) is 14.8. The zero-order valence-corrected chi connectivity index (χ0v) is 13.2. The van der Waals surface area contributed by atoms with E-state index < -0.39 is 0 Å². The molecule has 110 valence electrons. The summed E-state index contributed by atoms with van der Waals surface area (Å²) < 4.78 is 0. The van der Waals surface area contributed by atoms with Gasteiger partial charge in [-0.2, -0.15) is 0 Å². The zero-order chi connectivity index (χ0) is 15.4. The largest absolute Gasteiger partial charge is 0.348 e. The van der Waals surface area contributed by atoms with Crippen molar-refractivity contribution in [3.63, 3.8) is 0 Å². The predicted molar refractivity (Wildman–Crippen MR) is 90.2 cm³/mol. The fourth-order valence-corrected chi connectivity index (χ4v) is 2.92. The van der Waals surface area contributed by atoms with Gasteiger partial charge in [0, 0.05) is 34.3 Å². The summed E-state index contributed by atoms with van der Waals surface area (Å²) in [5, 5.41) is 6.38. The van der Waals surface area contributed by atoms with Crippen LogP contribution >= 0.6 is 22.9 Å². The van der Waals surface area contributed by atoms with Gasteiger partial charge in [0.25, 0.3) is 5.91 Å². The first-order valence-corrected chi connectivity index (χ1v) is 8.01. The summed E-state index contributed by atoms with van der Waals surface area (Å²) in [5.74, 6) is -0.137. The number of hydrogen-bond acceptors (Lipinski definition) is 3. The van der Waals surface area contributed by atoms with Crippen molar-refractivity contribution in [1.82, 2.24) is 10.3 Å². The highest BCUT2D eigenvalue weighted by Crippen LogP contribution is 2.22. The fraction of sp³-hybridized carbons (Fsp3) is 0.0588. The van der Waals surface area contributed by atoms with E-state index in [4.69, 9.17) is 11.6 Å². The second-order valence-electron chi connectivity index (χ2n) is 4.73. The third kappa shape index (κ3) is 3.53. The quantitative estimate of drug-likeness (QED) is 0.771. The number of rotatable bonds is 4. The van der Waals surface area contributed by atoms with Gasteiger partial charge >= 0.3 is 0 Å². The van der Waals surface area contributed by atoms with Crippen LogP contribution in [0.3, 0.4) is 0 Å². The molecule has 0 atom stereocenters. The van der Waals surface area contributed by atoms with Crippen LogP contribution in [0.15, 0.2) is 60.1 Å².